The molecule has 2 nitrogen and oxygen atoms in total. The van der Waals surface area contributed by atoms with Crippen LogP contribution in [0.2, 0.25) is 0 Å². The van der Waals surface area contributed by atoms with Gasteiger partial charge >= 0.3 is 0 Å². The second kappa shape index (κ2) is 5.68. The minimum Gasteiger partial charge on any atom is -0.489 e. The lowest BCUT2D eigenvalue weighted by atomic mass is 10.1. The van der Waals surface area contributed by atoms with Gasteiger partial charge in [0.2, 0.25) is 0 Å². The van der Waals surface area contributed by atoms with Gasteiger partial charge in [0.05, 0.1) is 0 Å². The van der Waals surface area contributed by atoms with E-state index in [2.05, 4.69) is 18.2 Å². The van der Waals surface area contributed by atoms with Gasteiger partial charge in [0.25, 0.3) is 0 Å². The van der Waals surface area contributed by atoms with E-state index >= 15 is 0 Å². The summed E-state index contributed by atoms with van der Waals surface area (Å²) in [6, 6.07) is 14.8. The van der Waals surface area contributed by atoms with E-state index in [0.717, 1.165) is 11.3 Å². The van der Waals surface area contributed by atoms with Crippen LogP contribution in [0.25, 0.3) is 0 Å². The fourth-order valence-electron chi connectivity index (χ4n) is 2.77. The molecule has 0 bridgehead atoms. The van der Waals surface area contributed by atoms with Crippen LogP contribution in [-0.2, 0) is 19.4 Å². The third-order valence-corrected chi connectivity index (χ3v) is 3.95. The van der Waals surface area contributed by atoms with E-state index in [1.807, 2.05) is 31.2 Å². The average molecular weight is 267 g/mol. The Bertz CT molecular complexity index is 604. The van der Waals surface area contributed by atoms with Gasteiger partial charge in [-0.3, -0.25) is 0 Å². The van der Waals surface area contributed by atoms with Crippen LogP contribution in [0, 0.1) is 0 Å². The summed E-state index contributed by atoms with van der Waals surface area (Å²) in [6.45, 7) is 2.61. The maximum absolute atomic E-state index is 5.90. The molecule has 0 aromatic heterocycles. The molecule has 2 aromatic rings. The van der Waals surface area contributed by atoms with Gasteiger partial charge in [0.15, 0.2) is 0 Å². The van der Waals surface area contributed by atoms with Crippen molar-refractivity contribution >= 4 is 0 Å². The van der Waals surface area contributed by atoms with E-state index in [-0.39, 0.29) is 6.04 Å². The fraction of sp³-hybridized carbons (Fsp3) is 0.333. The Labute approximate surface area is 120 Å². The molecule has 0 fully saturated rings. The van der Waals surface area contributed by atoms with Crippen molar-refractivity contribution in [2.75, 3.05) is 0 Å². The normalized spacial score (nSPS) is 14.9. The Hall–Kier alpha value is -1.80. The average Bonchev–Trinajstić information content (AvgIpc) is 2.93. The summed E-state index contributed by atoms with van der Waals surface area (Å²) in [5, 5.41) is 0. The lowest BCUT2D eigenvalue weighted by molar-refractivity contribution is 0.305. The minimum atomic E-state index is 0.0403. The predicted molar refractivity (Wildman–Crippen MR) is 81.8 cm³/mol. The zero-order valence-electron chi connectivity index (χ0n) is 11.9. The fourth-order valence-corrected chi connectivity index (χ4v) is 2.77. The smallest absolute Gasteiger partial charge is 0.120 e. The van der Waals surface area contributed by atoms with Gasteiger partial charge < -0.3 is 10.5 Å². The zero-order chi connectivity index (χ0) is 13.9. The van der Waals surface area contributed by atoms with E-state index in [9.17, 15) is 0 Å². The van der Waals surface area contributed by atoms with Crippen LogP contribution in [0.1, 0.15) is 41.6 Å². The number of nitrogens with two attached hydrogens (primary N) is 1. The Morgan fingerprint density at radius 1 is 1.10 bits per heavy atom. The van der Waals surface area contributed by atoms with Crippen LogP contribution in [-0.4, -0.2) is 0 Å². The summed E-state index contributed by atoms with van der Waals surface area (Å²) in [7, 11) is 0. The number of fused-ring (bicyclic) bond motifs is 1. The molecular weight excluding hydrogens is 246 g/mol. The molecule has 104 valence electrons. The lowest BCUT2D eigenvalue weighted by Gasteiger charge is -2.11. The Morgan fingerprint density at radius 3 is 2.80 bits per heavy atom. The van der Waals surface area contributed by atoms with Gasteiger partial charge in [-0.25, -0.2) is 0 Å². The van der Waals surface area contributed by atoms with Crippen LogP contribution in [0.3, 0.4) is 0 Å². The number of ether oxygens (including phenoxy) is 1. The Balaban J connectivity index is 1.69. The number of benzene rings is 2. The summed E-state index contributed by atoms with van der Waals surface area (Å²) in [5.74, 6) is 0.889. The number of hydrogen-bond donors (Lipinski definition) is 1. The van der Waals surface area contributed by atoms with Crippen LogP contribution in [0.4, 0.5) is 0 Å². The highest BCUT2D eigenvalue weighted by molar-refractivity contribution is 5.35. The molecule has 0 saturated carbocycles. The molecule has 2 aromatic carbocycles. The van der Waals surface area contributed by atoms with Gasteiger partial charge in [-0.15, -0.1) is 0 Å². The van der Waals surface area contributed by atoms with Crippen LogP contribution in [0.5, 0.6) is 5.75 Å². The summed E-state index contributed by atoms with van der Waals surface area (Å²) < 4.78 is 5.89. The van der Waals surface area contributed by atoms with Crippen LogP contribution in [0.15, 0.2) is 42.5 Å². The van der Waals surface area contributed by atoms with Crippen molar-refractivity contribution in [1.29, 1.82) is 0 Å². The van der Waals surface area contributed by atoms with Crippen molar-refractivity contribution in [2.45, 2.75) is 38.8 Å². The molecule has 0 spiro atoms. The summed E-state index contributed by atoms with van der Waals surface area (Å²) in [4.78, 5) is 0. The second-order valence-corrected chi connectivity index (χ2v) is 5.61. The first-order valence-corrected chi connectivity index (χ1v) is 7.31. The van der Waals surface area contributed by atoms with E-state index < -0.39 is 0 Å². The molecule has 20 heavy (non-hydrogen) atoms. The highest BCUT2D eigenvalue weighted by Crippen LogP contribution is 2.24. The Morgan fingerprint density at radius 2 is 1.95 bits per heavy atom. The summed E-state index contributed by atoms with van der Waals surface area (Å²) >= 11 is 0. The van der Waals surface area contributed by atoms with Crippen molar-refractivity contribution in [3.05, 3.63) is 64.7 Å². The second-order valence-electron chi connectivity index (χ2n) is 5.61. The lowest BCUT2D eigenvalue weighted by Crippen LogP contribution is -2.05. The molecule has 1 aliphatic carbocycles. The number of rotatable bonds is 4. The molecule has 0 radical (unpaired) electrons. The molecule has 0 amide bonds. The van der Waals surface area contributed by atoms with Crippen molar-refractivity contribution in [2.24, 2.45) is 5.73 Å². The molecule has 3 rings (SSSR count). The van der Waals surface area contributed by atoms with Crippen molar-refractivity contribution < 1.29 is 4.74 Å². The van der Waals surface area contributed by atoms with Gasteiger partial charge in [-0.2, -0.15) is 0 Å². The molecule has 0 heterocycles. The predicted octanol–water partition coefficient (Wildman–Crippen LogP) is 3.77. The highest BCUT2D eigenvalue weighted by Gasteiger charge is 2.10. The summed E-state index contributed by atoms with van der Waals surface area (Å²) in [5.41, 5.74) is 11.3. The molecule has 1 atom stereocenters. The van der Waals surface area contributed by atoms with E-state index in [4.69, 9.17) is 10.5 Å². The number of hydrogen-bond acceptors (Lipinski definition) is 2. The van der Waals surface area contributed by atoms with E-state index in [1.165, 1.54) is 36.0 Å². The quantitative estimate of drug-likeness (QED) is 0.915. The van der Waals surface area contributed by atoms with Crippen molar-refractivity contribution in [1.82, 2.24) is 0 Å². The minimum absolute atomic E-state index is 0.0403. The third-order valence-electron chi connectivity index (χ3n) is 3.95. The SMILES string of the molecule is CC(N)c1cccc(OCc2ccc3c(c2)CCC3)c1. The topological polar surface area (TPSA) is 35.2 Å². The maximum atomic E-state index is 5.90. The maximum Gasteiger partial charge on any atom is 0.120 e. The van der Waals surface area contributed by atoms with Crippen molar-refractivity contribution in [3.8, 4) is 5.75 Å². The van der Waals surface area contributed by atoms with Gasteiger partial charge in [0, 0.05) is 6.04 Å². The molecule has 2 heteroatoms. The van der Waals surface area contributed by atoms with Crippen LogP contribution < -0.4 is 10.5 Å². The van der Waals surface area contributed by atoms with Gasteiger partial charge in [0.1, 0.15) is 12.4 Å². The first-order chi connectivity index (χ1) is 9.72. The standard InChI is InChI=1S/C18H21NO/c1-13(19)16-5-3-7-18(11-16)20-12-14-8-9-15-4-2-6-17(15)10-14/h3,5,7-11,13H,2,4,6,12,19H2,1H3. The largest absolute Gasteiger partial charge is 0.489 e. The first kappa shape index (κ1) is 13.2. The zero-order valence-corrected chi connectivity index (χ0v) is 11.9. The van der Waals surface area contributed by atoms with Crippen molar-refractivity contribution in [3.63, 3.8) is 0 Å². The third kappa shape index (κ3) is 2.86. The monoisotopic (exact) mass is 267 g/mol. The van der Waals surface area contributed by atoms with E-state index in [1.54, 1.807) is 0 Å². The van der Waals surface area contributed by atoms with E-state index in [0.29, 0.717) is 6.61 Å². The number of aryl methyl sites for hydroxylation is 2. The molecule has 2 N–H and O–H groups in total. The molecule has 1 aliphatic rings. The van der Waals surface area contributed by atoms with Gasteiger partial charge in [-0.05, 0) is 60.6 Å². The molecule has 0 saturated heterocycles. The molecular formula is C18H21NO. The highest BCUT2D eigenvalue weighted by atomic mass is 16.5. The molecule has 1 unspecified atom stereocenters. The summed E-state index contributed by atoms with van der Waals surface area (Å²) in [6.07, 6.45) is 3.73. The first-order valence-electron chi connectivity index (χ1n) is 7.31. The Kier molecular flexibility index (Phi) is 3.75. The van der Waals surface area contributed by atoms with Gasteiger partial charge in [-0.1, -0.05) is 30.3 Å². The van der Waals surface area contributed by atoms with Crippen LogP contribution >= 0.6 is 0 Å². The molecule has 0 aliphatic heterocycles.